The van der Waals surface area contributed by atoms with Gasteiger partial charge in [0.05, 0.1) is 5.02 Å². The molecule has 0 spiro atoms. The largest absolute Gasteiger partial charge is 0.236 e. The van der Waals surface area contributed by atoms with Crippen molar-refractivity contribution in [3.8, 4) is 17.2 Å². The number of hydrogen-bond acceptors (Lipinski definition) is 3. The zero-order valence-corrected chi connectivity index (χ0v) is 13.1. The summed E-state index contributed by atoms with van der Waals surface area (Å²) < 4.78 is 2.52. The van der Waals surface area contributed by atoms with Crippen LogP contribution in [0.5, 0.6) is 0 Å². The maximum absolute atomic E-state index is 6.21. The molecular formula is C13H7BrCl2N4. The van der Waals surface area contributed by atoms with Crippen molar-refractivity contribution in [2.45, 2.75) is 0 Å². The Morgan fingerprint density at radius 2 is 1.90 bits per heavy atom. The molecule has 0 N–H and O–H groups in total. The fourth-order valence-corrected chi connectivity index (χ4v) is 2.48. The minimum absolute atomic E-state index is 0.517. The lowest BCUT2D eigenvalue weighted by Crippen LogP contribution is -2.02. The van der Waals surface area contributed by atoms with Gasteiger partial charge in [0.25, 0.3) is 0 Å². The van der Waals surface area contributed by atoms with Crippen molar-refractivity contribution in [2.24, 2.45) is 0 Å². The van der Waals surface area contributed by atoms with Gasteiger partial charge >= 0.3 is 0 Å². The van der Waals surface area contributed by atoms with Crippen molar-refractivity contribution in [1.82, 2.24) is 19.7 Å². The van der Waals surface area contributed by atoms with Crippen LogP contribution in [0, 0.1) is 0 Å². The number of rotatable bonds is 2. The van der Waals surface area contributed by atoms with Crippen molar-refractivity contribution in [3.05, 3.63) is 57.4 Å². The molecule has 0 saturated carbocycles. The van der Waals surface area contributed by atoms with Gasteiger partial charge < -0.3 is 0 Å². The fourth-order valence-electron chi connectivity index (χ4n) is 1.76. The van der Waals surface area contributed by atoms with Crippen molar-refractivity contribution >= 4 is 39.1 Å². The van der Waals surface area contributed by atoms with Crippen LogP contribution in [-0.4, -0.2) is 19.7 Å². The highest BCUT2D eigenvalue weighted by Crippen LogP contribution is 2.29. The van der Waals surface area contributed by atoms with Gasteiger partial charge in [-0.1, -0.05) is 23.2 Å². The number of aromatic nitrogens is 4. The molecule has 2 aromatic heterocycles. The second-order valence-corrected chi connectivity index (χ2v) is 5.71. The molecule has 20 heavy (non-hydrogen) atoms. The highest BCUT2D eigenvalue weighted by atomic mass is 79.9. The molecular weight excluding hydrogens is 363 g/mol. The van der Waals surface area contributed by atoms with Crippen molar-refractivity contribution < 1.29 is 0 Å². The van der Waals surface area contributed by atoms with Crippen LogP contribution >= 0.6 is 39.1 Å². The summed E-state index contributed by atoms with van der Waals surface area (Å²) in [6.07, 6.45) is 3.16. The van der Waals surface area contributed by atoms with E-state index in [2.05, 4.69) is 31.0 Å². The molecule has 3 rings (SSSR count). The summed E-state index contributed by atoms with van der Waals surface area (Å²) in [6, 6.07) is 8.97. The monoisotopic (exact) mass is 368 g/mol. The fraction of sp³-hybridized carbons (Fsp3) is 0. The topological polar surface area (TPSA) is 43.6 Å². The molecule has 2 heterocycles. The predicted molar refractivity (Wildman–Crippen MR) is 82.3 cm³/mol. The van der Waals surface area contributed by atoms with Crippen molar-refractivity contribution in [3.63, 3.8) is 0 Å². The highest BCUT2D eigenvalue weighted by molar-refractivity contribution is 9.10. The molecule has 0 atom stereocenters. The third-order valence-corrected chi connectivity index (χ3v) is 3.67. The SMILES string of the molecule is Clc1ccc(-c2ncnn2-c2ccc(Br)cn2)c(Cl)c1. The van der Waals surface area contributed by atoms with E-state index in [0.717, 1.165) is 10.0 Å². The smallest absolute Gasteiger partial charge is 0.166 e. The number of halogens is 3. The maximum atomic E-state index is 6.21. The highest BCUT2D eigenvalue weighted by Gasteiger charge is 2.13. The minimum Gasteiger partial charge on any atom is -0.236 e. The lowest BCUT2D eigenvalue weighted by Gasteiger charge is -2.07. The van der Waals surface area contributed by atoms with E-state index >= 15 is 0 Å². The Kier molecular flexibility index (Phi) is 3.74. The Bertz CT molecular complexity index is 755. The molecule has 0 amide bonds. The molecule has 1 aromatic carbocycles. The van der Waals surface area contributed by atoms with E-state index < -0.39 is 0 Å². The van der Waals surface area contributed by atoms with E-state index in [1.807, 2.05) is 18.2 Å². The van der Waals surface area contributed by atoms with Crippen LogP contribution in [-0.2, 0) is 0 Å². The van der Waals surface area contributed by atoms with Crippen LogP contribution in [0.25, 0.3) is 17.2 Å². The third-order valence-electron chi connectivity index (χ3n) is 2.65. The minimum atomic E-state index is 0.517. The van der Waals surface area contributed by atoms with Crippen molar-refractivity contribution in [2.75, 3.05) is 0 Å². The number of nitrogens with zero attached hydrogens (tertiary/aromatic N) is 4. The summed E-state index contributed by atoms with van der Waals surface area (Å²) in [5.41, 5.74) is 0.748. The number of pyridine rings is 1. The average molecular weight is 370 g/mol. The summed E-state index contributed by atoms with van der Waals surface area (Å²) in [5.74, 6) is 1.27. The van der Waals surface area contributed by atoms with Crippen LogP contribution in [0.2, 0.25) is 10.0 Å². The van der Waals surface area contributed by atoms with E-state index in [1.54, 1.807) is 23.0 Å². The van der Waals surface area contributed by atoms with E-state index in [1.165, 1.54) is 6.33 Å². The van der Waals surface area contributed by atoms with Crippen LogP contribution in [0.4, 0.5) is 0 Å². The zero-order chi connectivity index (χ0) is 14.1. The van der Waals surface area contributed by atoms with Gasteiger partial charge in [-0.15, -0.1) is 0 Å². The molecule has 4 nitrogen and oxygen atoms in total. The van der Waals surface area contributed by atoms with Crippen LogP contribution in [0.1, 0.15) is 0 Å². The van der Waals surface area contributed by atoms with Gasteiger partial charge in [-0.2, -0.15) is 9.78 Å². The second-order valence-electron chi connectivity index (χ2n) is 3.95. The average Bonchev–Trinajstić information content (AvgIpc) is 2.88. The Morgan fingerprint density at radius 1 is 1.05 bits per heavy atom. The van der Waals surface area contributed by atoms with Gasteiger partial charge in [0.2, 0.25) is 0 Å². The van der Waals surface area contributed by atoms with Gasteiger partial charge in [-0.05, 0) is 46.3 Å². The zero-order valence-electron chi connectivity index (χ0n) is 9.96. The van der Waals surface area contributed by atoms with E-state index in [-0.39, 0.29) is 0 Å². The number of hydrogen-bond donors (Lipinski definition) is 0. The van der Waals surface area contributed by atoms with Crippen LogP contribution in [0.15, 0.2) is 47.3 Å². The Labute approximate surface area is 133 Å². The van der Waals surface area contributed by atoms with Crippen molar-refractivity contribution in [1.29, 1.82) is 0 Å². The van der Waals surface area contributed by atoms with Crippen LogP contribution < -0.4 is 0 Å². The molecule has 0 unspecified atom stereocenters. The maximum Gasteiger partial charge on any atom is 0.166 e. The van der Waals surface area contributed by atoms with Gasteiger partial charge in [-0.25, -0.2) is 9.97 Å². The molecule has 0 saturated heterocycles. The molecule has 100 valence electrons. The first-order chi connectivity index (χ1) is 9.65. The Hall–Kier alpha value is -1.43. The Balaban J connectivity index is 2.12. The lowest BCUT2D eigenvalue weighted by atomic mass is 10.2. The standard InChI is InChI=1S/C13H7BrCl2N4/c14-8-1-4-12(17-6-8)20-13(18-7-19-20)10-3-2-9(15)5-11(10)16/h1-7H. The summed E-state index contributed by atoms with van der Waals surface area (Å²) in [7, 11) is 0. The molecule has 0 bridgehead atoms. The quantitative estimate of drug-likeness (QED) is 0.672. The molecule has 3 aromatic rings. The first kappa shape index (κ1) is 13.5. The molecule has 7 heteroatoms. The first-order valence-electron chi connectivity index (χ1n) is 5.62. The second kappa shape index (κ2) is 5.52. The van der Waals surface area contributed by atoms with E-state index in [0.29, 0.717) is 21.7 Å². The summed E-state index contributed by atoms with van der Waals surface area (Å²) in [4.78, 5) is 8.55. The normalized spacial score (nSPS) is 10.8. The van der Waals surface area contributed by atoms with Crippen LogP contribution in [0.3, 0.4) is 0 Å². The van der Waals surface area contributed by atoms with Gasteiger partial charge in [0.1, 0.15) is 6.33 Å². The van der Waals surface area contributed by atoms with Gasteiger partial charge in [0.15, 0.2) is 11.6 Å². The molecule has 0 aliphatic heterocycles. The van der Waals surface area contributed by atoms with Gasteiger partial charge in [0, 0.05) is 21.3 Å². The van der Waals surface area contributed by atoms with E-state index in [9.17, 15) is 0 Å². The molecule has 0 aliphatic rings. The summed E-state index contributed by atoms with van der Waals surface area (Å²) in [5, 5.41) is 5.29. The molecule has 0 radical (unpaired) electrons. The molecule has 0 fully saturated rings. The predicted octanol–water partition coefficient (Wildman–Crippen LogP) is 4.40. The molecule has 0 aliphatic carbocycles. The number of benzene rings is 1. The summed E-state index contributed by atoms with van der Waals surface area (Å²) in [6.45, 7) is 0. The Morgan fingerprint density at radius 3 is 2.60 bits per heavy atom. The van der Waals surface area contributed by atoms with E-state index in [4.69, 9.17) is 23.2 Å². The first-order valence-corrected chi connectivity index (χ1v) is 7.17. The summed E-state index contributed by atoms with van der Waals surface area (Å²) >= 11 is 15.5. The third kappa shape index (κ3) is 2.57. The van der Waals surface area contributed by atoms with Gasteiger partial charge in [-0.3, -0.25) is 0 Å². The lowest BCUT2D eigenvalue weighted by molar-refractivity contribution is 0.852.